The van der Waals surface area contributed by atoms with E-state index in [1.165, 1.54) is 10.9 Å². The lowest BCUT2D eigenvalue weighted by molar-refractivity contribution is 0.155. The third-order valence-electron chi connectivity index (χ3n) is 3.32. The second-order valence-corrected chi connectivity index (χ2v) is 5.27. The summed E-state index contributed by atoms with van der Waals surface area (Å²) in [6, 6.07) is 8.32. The second-order valence-electron chi connectivity index (χ2n) is 5.27. The van der Waals surface area contributed by atoms with E-state index in [0.717, 1.165) is 23.5 Å². The van der Waals surface area contributed by atoms with Gasteiger partial charge in [-0.3, -0.25) is 0 Å². The topological polar surface area (TPSA) is 34.4 Å². The molecule has 1 heterocycles. The van der Waals surface area contributed by atoms with Crippen LogP contribution < -0.4 is 5.32 Å². The summed E-state index contributed by atoms with van der Waals surface area (Å²) < 4.78 is 11.4. The minimum Gasteiger partial charge on any atom is -0.459 e. The van der Waals surface area contributed by atoms with Gasteiger partial charge in [-0.1, -0.05) is 30.4 Å². The molecule has 3 nitrogen and oxygen atoms in total. The van der Waals surface area contributed by atoms with Crippen molar-refractivity contribution in [2.24, 2.45) is 0 Å². The van der Waals surface area contributed by atoms with E-state index in [1.807, 2.05) is 25.1 Å². The van der Waals surface area contributed by atoms with Gasteiger partial charge in [0.15, 0.2) is 0 Å². The number of aryl methyl sites for hydroxylation is 1. The molecule has 0 saturated heterocycles. The first kappa shape index (κ1) is 14.8. The average molecular weight is 273 g/mol. The van der Waals surface area contributed by atoms with Crippen LogP contribution in [0.1, 0.15) is 31.2 Å². The Bertz CT molecular complexity index is 586. The highest BCUT2D eigenvalue weighted by atomic mass is 16.5. The van der Waals surface area contributed by atoms with Gasteiger partial charge in [-0.25, -0.2) is 0 Å². The number of rotatable bonds is 7. The maximum atomic E-state index is 5.94. The Morgan fingerprint density at radius 1 is 1.40 bits per heavy atom. The van der Waals surface area contributed by atoms with Crippen LogP contribution in [0.15, 0.2) is 40.8 Å². The summed E-state index contributed by atoms with van der Waals surface area (Å²) in [6.45, 7) is 12.1. The molecule has 0 aliphatic rings. The highest BCUT2D eigenvalue weighted by molar-refractivity contribution is 5.82. The number of para-hydroxylation sites is 1. The smallest absolute Gasteiger partial charge is 0.134 e. The van der Waals surface area contributed by atoms with Crippen LogP contribution in [0.3, 0.4) is 0 Å². The van der Waals surface area contributed by atoms with Crippen molar-refractivity contribution in [3.63, 3.8) is 0 Å². The van der Waals surface area contributed by atoms with Gasteiger partial charge >= 0.3 is 0 Å². The standard InChI is InChI=1S/C17H23NO2/c1-12(2)11-19-10-9-18-14(4)17-13(3)15-7-5-6-8-16(15)20-17/h5-8,14,18H,1,9-11H2,2-4H3. The van der Waals surface area contributed by atoms with Gasteiger partial charge in [0.25, 0.3) is 0 Å². The zero-order valence-corrected chi connectivity index (χ0v) is 12.5. The molecule has 1 aromatic carbocycles. The molecule has 1 atom stereocenters. The Hall–Kier alpha value is -1.58. The van der Waals surface area contributed by atoms with E-state index >= 15 is 0 Å². The van der Waals surface area contributed by atoms with Gasteiger partial charge in [-0.05, 0) is 32.4 Å². The fraction of sp³-hybridized carbons (Fsp3) is 0.412. The van der Waals surface area contributed by atoms with Crippen LogP contribution in [-0.4, -0.2) is 19.8 Å². The number of hydrogen-bond acceptors (Lipinski definition) is 3. The van der Waals surface area contributed by atoms with Crippen LogP contribution in [0.25, 0.3) is 11.0 Å². The number of fused-ring (bicyclic) bond motifs is 1. The predicted molar refractivity (Wildman–Crippen MR) is 83.0 cm³/mol. The van der Waals surface area contributed by atoms with Crippen LogP contribution in [0.4, 0.5) is 0 Å². The van der Waals surface area contributed by atoms with Crippen LogP contribution in [-0.2, 0) is 4.74 Å². The first-order valence-electron chi connectivity index (χ1n) is 7.03. The molecule has 1 N–H and O–H groups in total. The van der Waals surface area contributed by atoms with E-state index in [1.54, 1.807) is 0 Å². The lowest BCUT2D eigenvalue weighted by Crippen LogP contribution is -2.23. The summed E-state index contributed by atoms with van der Waals surface area (Å²) in [6.07, 6.45) is 0. The summed E-state index contributed by atoms with van der Waals surface area (Å²) in [5.74, 6) is 1.01. The lowest BCUT2D eigenvalue weighted by Gasteiger charge is -2.12. The third kappa shape index (κ3) is 3.50. The predicted octanol–water partition coefficient (Wildman–Crippen LogP) is 3.98. The molecule has 1 unspecified atom stereocenters. The summed E-state index contributed by atoms with van der Waals surface area (Å²) in [5.41, 5.74) is 3.21. The number of hydrogen-bond donors (Lipinski definition) is 1. The maximum absolute atomic E-state index is 5.94. The molecule has 3 heteroatoms. The SMILES string of the molecule is C=C(C)COCCNC(C)c1oc2ccccc2c1C. The van der Waals surface area contributed by atoms with Crippen molar-refractivity contribution in [3.8, 4) is 0 Å². The molecule has 108 valence electrons. The number of benzene rings is 1. The highest BCUT2D eigenvalue weighted by Crippen LogP contribution is 2.28. The van der Waals surface area contributed by atoms with E-state index in [2.05, 4.69) is 31.8 Å². The molecule has 0 saturated carbocycles. The van der Waals surface area contributed by atoms with Crippen molar-refractivity contribution in [2.45, 2.75) is 26.8 Å². The molecule has 0 spiro atoms. The maximum Gasteiger partial charge on any atom is 0.134 e. The van der Waals surface area contributed by atoms with Gasteiger partial charge < -0.3 is 14.5 Å². The summed E-state index contributed by atoms with van der Waals surface area (Å²) in [5, 5.41) is 4.62. The number of furan rings is 1. The molecule has 0 radical (unpaired) electrons. The lowest BCUT2D eigenvalue weighted by atomic mass is 10.1. The molecule has 2 rings (SSSR count). The Morgan fingerprint density at radius 3 is 2.85 bits per heavy atom. The Kier molecular flexibility index (Phi) is 4.99. The van der Waals surface area contributed by atoms with Gasteiger partial charge in [-0.2, -0.15) is 0 Å². The second kappa shape index (κ2) is 6.73. The molecule has 20 heavy (non-hydrogen) atoms. The molecule has 0 fully saturated rings. The van der Waals surface area contributed by atoms with E-state index in [4.69, 9.17) is 9.15 Å². The minimum absolute atomic E-state index is 0.177. The Morgan fingerprint density at radius 2 is 2.15 bits per heavy atom. The fourth-order valence-corrected chi connectivity index (χ4v) is 2.29. The largest absolute Gasteiger partial charge is 0.459 e. The molecular formula is C17H23NO2. The number of ether oxygens (including phenoxy) is 1. The Balaban J connectivity index is 1.92. The summed E-state index contributed by atoms with van der Waals surface area (Å²) >= 11 is 0. The van der Waals surface area contributed by atoms with Crippen LogP contribution >= 0.6 is 0 Å². The average Bonchev–Trinajstić information content (AvgIpc) is 2.76. The van der Waals surface area contributed by atoms with E-state index in [0.29, 0.717) is 13.2 Å². The van der Waals surface area contributed by atoms with Crippen molar-refractivity contribution in [2.75, 3.05) is 19.8 Å². The van der Waals surface area contributed by atoms with Gasteiger partial charge in [0.2, 0.25) is 0 Å². The number of nitrogens with one attached hydrogen (secondary N) is 1. The van der Waals surface area contributed by atoms with Gasteiger partial charge in [0, 0.05) is 11.9 Å². The summed E-state index contributed by atoms with van der Waals surface area (Å²) in [4.78, 5) is 0. The normalized spacial score (nSPS) is 12.8. The zero-order chi connectivity index (χ0) is 14.5. The van der Waals surface area contributed by atoms with Crippen LogP contribution in [0.5, 0.6) is 0 Å². The monoisotopic (exact) mass is 273 g/mol. The van der Waals surface area contributed by atoms with Gasteiger partial charge in [0.05, 0.1) is 19.3 Å². The molecule has 0 bridgehead atoms. The molecule has 0 amide bonds. The van der Waals surface area contributed by atoms with Crippen molar-refractivity contribution >= 4 is 11.0 Å². The van der Waals surface area contributed by atoms with E-state index in [-0.39, 0.29) is 6.04 Å². The first-order chi connectivity index (χ1) is 9.59. The van der Waals surface area contributed by atoms with Gasteiger partial charge in [0.1, 0.15) is 11.3 Å². The van der Waals surface area contributed by atoms with Crippen molar-refractivity contribution in [1.29, 1.82) is 0 Å². The minimum atomic E-state index is 0.177. The Labute approximate surface area is 120 Å². The summed E-state index contributed by atoms with van der Waals surface area (Å²) in [7, 11) is 0. The van der Waals surface area contributed by atoms with Crippen LogP contribution in [0, 0.1) is 6.92 Å². The first-order valence-corrected chi connectivity index (χ1v) is 7.03. The zero-order valence-electron chi connectivity index (χ0n) is 12.5. The van der Waals surface area contributed by atoms with Crippen LogP contribution in [0.2, 0.25) is 0 Å². The van der Waals surface area contributed by atoms with Crippen molar-refractivity contribution in [1.82, 2.24) is 5.32 Å². The molecular weight excluding hydrogens is 250 g/mol. The van der Waals surface area contributed by atoms with E-state index < -0.39 is 0 Å². The fourth-order valence-electron chi connectivity index (χ4n) is 2.29. The van der Waals surface area contributed by atoms with Gasteiger partial charge in [-0.15, -0.1) is 0 Å². The molecule has 0 aliphatic carbocycles. The molecule has 2 aromatic rings. The van der Waals surface area contributed by atoms with E-state index in [9.17, 15) is 0 Å². The molecule has 0 aliphatic heterocycles. The molecule has 1 aromatic heterocycles. The van der Waals surface area contributed by atoms with Crippen molar-refractivity contribution in [3.05, 3.63) is 47.7 Å². The van der Waals surface area contributed by atoms with Crippen molar-refractivity contribution < 1.29 is 9.15 Å². The highest BCUT2D eigenvalue weighted by Gasteiger charge is 2.15. The third-order valence-corrected chi connectivity index (χ3v) is 3.32. The quantitative estimate of drug-likeness (QED) is 0.612.